The van der Waals surface area contributed by atoms with Gasteiger partial charge < -0.3 is 15.0 Å². The van der Waals surface area contributed by atoms with Gasteiger partial charge in [0.25, 0.3) is 5.91 Å². The number of rotatable bonds is 6. The van der Waals surface area contributed by atoms with Gasteiger partial charge in [0.05, 0.1) is 12.3 Å². The highest BCUT2D eigenvalue weighted by Gasteiger charge is 2.20. The Balaban J connectivity index is 1.72. The molecule has 1 heterocycles. The van der Waals surface area contributed by atoms with Crippen molar-refractivity contribution in [3.05, 3.63) is 59.7 Å². The number of likely N-dealkylation sites (tertiary alicyclic amines) is 1. The number of benzene rings is 2. The maximum Gasteiger partial charge on any atom is 0.255 e. The Morgan fingerprint density at radius 2 is 2.04 bits per heavy atom. The second-order valence-electron chi connectivity index (χ2n) is 6.00. The van der Waals surface area contributed by atoms with Crippen LogP contribution in [0, 0.1) is 0 Å². The van der Waals surface area contributed by atoms with Crippen molar-refractivity contribution in [2.24, 2.45) is 0 Å². The van der Waals surface area contributed by atoms with Crippen molar-refractivity contribution < 1.29 is 14.3 Å². The lowest BCUT2D eigenvalue weighted by atomic mass is 10.1. The lowest BCUT2D eigenvalue weighted by Gasteiger charge is -2.16. The molecule has 1 N–H and O–H groups in total. The maximum absolute atomic E-state index is 12.6. The highest BCUT2D eigenvalue weighted by molar-refractivity contribution is 6.05. The Morgan fingerprint density at radius 1 is 1.20 bits per heavy atom. The highest BCUT2D eigenvalue weighted by atomic mass is 16.5. The first-order valence-electron chi connectivity index (χ1n) is 8.57. The molecule has 130 valence electrons. The molecule has 0 radical (unpaired) electrons. The van der Waals surface area contributed by atoms with Crippen LogP contribution in [0.25, 0.3) is 0 Å². The number of anilines is 1. The summed E-state index contributed by atoms with van der Waals surface area (Å²) in [6, 6.07) is 14.8. The van der Waals surface area contributed by atoms with E-state index in [1.54, 1.807) is 6.07 Å². The molecular weight excluding hydrogens is 316 g/mol. The summed E-state index contributed by atoms with van der Waals surface area (Å²) >= 11 is 0. The van der Waals surface area contributed by atoms with E-state index in [0.29, 0.717) is 36.6 Å². The average molecular weight is 338 g/mol. The van der Waals surface area contributed by atoms with E-state index in [-0.39, 0.29) is 11.8 Å². The molecule has 5 heteroatoms. The van der Waals surface area contributed by atoms with Crippen molar-refractivity contribution in [2.75, 3.05) is 18.5 Å². The van der Waals surface area contributed by atoms with E-state index < -0.39 is 0 Å². The standard InChI is InChI=1S/C20H22N2O3/c1-2-25-18-10-4-3-9-17(18)21-20(24)16-8-5-7-15(13-16)14-22-12-6-11-19(22)23/h3-5,7-10,13H,2,6,11-12,14H2,1H3,(H,21,24). The number of nitrogens with one attached hydrogen (secondary N) is 1. The fourth-order valence-electron chi connectivity index (χ4n) is 2.95. The molecular formula is C20H22N2O3. The Hall–Kier alpha value is -2.82. The van der Waals surface area contributed by atoms with Crippen molar-refractivity contribution in [1.82, 2.24) is 4.90 Å². The van der Waals surface area contributed by atoms with Gasteiger partial charge in [-0.3, -0.25) is 9.59 Å². The second-order valence-corrected chi connectivity index (χ2v) is 6.00. The molecule has 1 fully saturated rings. The van der Waals surface area contributed by atoms with Crippen molar-refractivity contribution in [1.29, 1.82) is 0 Å². The number of hydrogen-bond acceptors (Lipinski definition) is 3. The van der Waals surface area contributed by atoms with Gasteiger partial charge in [0.1, 0.15) is 5.75 Å². The number of nitrogens with zero attached hydrogens (tertiary/aromatic N) is 1. The third kappa shape index (κ3) is 4.18. The zero-order valence-corrected chi connectivity index (χ0v) is 14.3. The fourth-order valence-corrected chi connectivity index (χ4v) is 2.95. The zero-order valence-electron chi connectivity index (χ0n) is 14.3. The third-order valence-electron chi connectivity index (χ3n) is 4.17. The van der Waals surface area contributed by atoms with Crippen LogP contribution in [0.2, 0.25) is 0 Å². The van der Waals surface area contributed by atoms with Crippen molar-refractivity contribution in [3.8, 4) is 5.75 Å². The summed E-state index contributed by atoms with van der Waals surface area (Å²) in [5, 5.41) is 2.90. The molecule has 2 amide bonds. The largest absolute Gasteiger partial charge is 0.492 e. The van der Waals surface area contributed by atoms with Gasteiger partial charge in [-0.05, 0) is 43.2 Å². The fraction of sp³-hybridized carbons (Fsp3) is 0.300. The molecule has 3 rings (SSSR count). The summed E-state index contributed by atoms with van der Waals surface area (Å²) < 4.78 is 5.54. The summed E-state index contributed by atoms with van der Waals surface area (Å²) in [6.07, 6.45) is 1.53. The van der Waals surface area contributed by atoms with E-state index in [1.165, 1.54) is 0 Å². The van der Waals surface area contributed by atoms with Crippen LogP contribution in [0.1, 0.15) is 35.7 Å². The molecule has 0 aromatic heterocycles. The zero-order chi connectivity index (χ0) is 17.6. The average Bonchev–Trinajstić information content (AvgIpc) is 3.02. The first kappa shape index (κ1) is 17.0. The van der Waals surface area contributed by atoms with Crippen LogP contribution in [-0.4, -0.2) is 29.9 Å². The molecule has 25 heavy (non-hydrogen) atoms. The normalized spacial score (nSPS) is 13.8. The molecule has 1 aliphatic rings. The van der Waals surface area contributed by atoms with E-state index in [0.717, 1.165) is 18.5 Å². The quantitative estimate of drug-likeness (QED) is 0.877. The number of ether oxygens (including phenoxy) is 1. The smallest absolute Gasteiger partial charge is 0.255 e. The van der Waals surface area contributed by atoms with Crippen molar-refractivity contribution >= 4 is 17.5 Å². The first-order valence-corrected chi connectivity index (χ1v) is 8.57. The van der Waals surface area contributed by atoms with Gasteiger partial charge in [0.2, 0.25) is 5.91 Å². The molecule has 2 aromatic rings. The van der Waals surface area contributed by atoms with E-state index in [9.17, 15) is 9.59 Å². The summed E-state index contributed by atoms with van der Waals surface area (Å²) in [4.78, 5) is 26.2. The molecule has 0 saturated carbocycles. The highest BCUT2D eigenvalue weighted by Crippen LogP contribution is 2.24. The molecule has 0 aliphatic carbocycles. The number of para-hydroxylation sites is 2. The van der Waals surface area contributed by atoms with Crippen molar-refractivity contribution in [2.45, 2.75) is 26.3 Å². The molecule has 0 bridgehead atoms. The lowest BCUT2D eigenvalue weighted by molar-refractivity contribution is -0.128. The van der Waals surface area contributed by atoms with Crippen LogP contribution in [0.4, 0.5) is 5.69 Å². The van der Waals surface area contributed by atoms with E-state index in [1.807, 2.05) is 54.3 Å². The Labute approximate surface area is 147 Å². The van der Waals surface area contributed by atoms with Crippen LogP contribution in [0.15, 0.2) is 48.5 Å². The van der Waals surface area contributed by atoms with Gasteiger partial charge in [-0.15, -0.1) is 0 Å². The van der Waals surface area contributed by atoms with Gasteiger partial charge in [-0.25, -0.2) is 0 Å². The SMILES string of the molecule is CCOc1ccccc1NC(=O)c1cccc(CN2CCCC2=O)c1. The second kappa shape index (κ2) is 7.83. The van der Waals surface area contributed by atoms with Gasteiger partial charge in [0.15, 0.2) is 0 Å². The van der Waals surface area contributed by atoms with Gasteiger partial charge in [0, 0.05) is 25.1 Å². The number of amides is 2. The molecule has 0 spiro atoms. The van der Waals surface area contributed by atoms with Crippen molar-refractivity contribution in [3.63, 3.8) is 0 Å². The van der Waals surface area contributed by atoms with Crippen LogP contribution in [-0.2, 0) is 11.3 Å². The predicted molar refractivity (Wildman–Crippen MR) is 96.7 cm³/mol. The molecule has 1 saturated heterocycles. The number of carbonyl (C=O) groups is 2. The summed E-state index contributed by atoms with van der Waals surface area (Å²) in [6.45, 7) is 3.78. The topological polar surface area (TPSA) is 58.6 Å². The molecule has 2 aromatic carbocycles. The molecule has 1 aliphatic heterocycles. The number of hydrogen-bond donors (Lipinski definition) is 1. The summed E-state index contributed by atoms with van der Waals surface area (Å²) in [5.74, 6) is 0.638. The Kier molecular flexibility index (Phi) is 5.33. The Morgan fingerprint density at radius 3 is 2.80 bits per heavy atom. The lowest BCUT2D eigenvalue weighted by Crippen LogP contribution is -2.24. The van der Waals surface area contributed by atoms with Gasteiger partial charge in [-0.2, -0.15) is 0 Å². The minimum absolute atomic E-state index is 0.181. The first-order chi connectivity index (χ1) is 12.2. The minimum atomic E-state index is -0.193. The predicted octanol–water partition coefficient (Wildman–Crippen LogP) is 3.46. The number of carbonyl (C=O) groups excluding carboxylic acids is 2. The molecule has 5 nitrogen and oxygen atoms in total. The van der Waals surface area contributed by atoms with E-state index >= 15 is 0 Å². The van der Waals surface area contributed by atoms with Gasteiger partial charge >= 0.3 is 0 Å². The maximum atomic E-state index is 12.6. The van der Waals surface area contributed by atoms with E-state index in [2.05, 4.69) is 5.32 Å². The monoisotopic (exact) mass is 338 g/mol. The summed E-state index contributed by atoms with van der Waals surface area (Å²) in [7, 11) is 0. The summed E-state index contributed by atoms with van der Waals surface area (Å²) in [5.41, 5.74) is 2.17. The van der Waals surface area contributed by atoms with Crippen LogP contribution >= 0.6 is 0 Å². The molecule has 0 atom stereocenters. The third-order valence-corrected chi connectivity index (χ3v) is 4.17. The van der Waals surface area contributed by atoms with Crippen LogP contribution in [0.3, 0.4) is 0 Å². The van der Waals surface area contributed by atoms with E-state index in [4.69, 9.17) is 4.74 Å². The van der Waals surface area contributed by atoms with Crippen LogP contribution < -0.4 is 10.1 Å². The molecule has 0 unspecified atom stereocenters. The Bertz CT molecular complexity index is 773. The minimum Gasteiger partial charge on any atom is -0.492 e. The van der Waals surface area contributed by atoms with Crippen LogP contribution in [0.5, 0.6) is 5.75 Å². The van der Waals surface area contributed by atoms with Gasteiger partial charge in [-0.1, -0.05) is 24.3 Å².